The molecule has 2 aromatic carbocycles. The highest BCUT2D eigenvalue weighted by atomic mass is 16.5. The molecule has 0 radical (unpaired) electrons. The van der Waals surface area contributed by atoms with Crippen LogP contribution in [0.1, 0.15) is 47.7 Å². The van der Waals surface area contributed by atoms with E-state index in [1.165, 1.54) is 11.1 Å². The summed E-state index contributed by atoms with van der Waals surface area (Å²) in [7, 11) is 0. The van der Waals surface area contributed by atoms with Gasteiger partial charge in [-0.05, 0) is 62.3 Å². The van der Waals surface area contributed by atoms with Crippen molar-refractivity contribution in [1.82, 2.24) is 0 Å². The van der Waals surface area contributed by atoms with E-state index >= 15 is 0 Å². The number of aryl methyl sites for hydroxylation is 1. The first kappa shape index (κ1) is 17.0. The molecule has 0 N–H and O–H groups in total. The molecule has 1 aliphatic carbocycles. The van der Waals surface area contributed by atoms with E-state index in [1.54, 1.807) is 12.1 Å². The van der Waals surface area contributed by atoms with Crippen molar-refractivity contribution in [1.29, 1.82) is 0 Å². The summed E-state index contributed by atoms with van der Waals surface area (Å²) in [6.45, 7) is 5.91. The monoisotopic (exact) mass is 330 g/mol. The highest BCUT2D eigenvalue weighted by Crippen LogP contribution is 2.47. The van der Waals surface area contributed by atoms with Crippen LogP contribution in [0.4, 0.5) is 0 Å². The first-order valence-electron chi connectivity index (χ1n) is 8.57. The third kappa shape index (κ3) is 4.39. The Morgan fingerprint density at radius 1 is 1.04 bits per heavy atom. The fourth-order valence-electron chi connectivity index (χ4n) is 2.67. The Balaban J connectivity index is 1.67. The van der Waals surface area contributed by atoms with E-state index in [-0.39, 0.29) is 5.97 Å². The number of allylic oxidation sites excluding steroid dienone is 2. The SMILES string of the molecule is CC(C)=C(C#CC1CC1c1ccc(C)cc1)OC(=O)c1ccccc1. The molecule has 0 saturated heterocycles. The van der Waals surface area contributed by atoms with Crippen molar-refractivity contribution in [3.05, 3.63) is 82.6 Å². The van der Waals surface area contributed by atoms with Crippen molar-refractivity contribution in [3.63, 3.8) is 0 Å². The number of hydrogen-bond donors (Lipinski definition) is 0. The molecule has 0 aliphatic heterocycles. The first-order valence-corrected chi connectivity index (χ1v) is 8.57. The standard InChI is InChI=1S/C23H22O2/c1-16(2)22(25-23(24)19-7-5-4-6-8-19)14-13-20-15-21(20)18-11-9-17(3)10-12-18/h4-12,20-21H,15H2,1-3H3. The molecular formula is C23H22O2. The van der Waals surface area contributed by atoms with Gasteiger partial charge in [-0.15, -0.1) is 0 Å². The molecule has 2 unspecified atom stereocenters. The summed E-state index contributed by atoms with van der Waals surface area (Å²) in [5.74, 6) is 7.29. The van der Waals surface area contributed by atoms with Gasteiger partial charge < -0.3 is 4.74 Å². The molecule has 3 rings (SSSR count). The summed E-state index contributed by atoms with van der Waals surface area (Å²) in [4.78, 5) is 12.2. The average Bonchev–Trinajstić information content (AvgIpc) is 3.39. The maximum Gasteiger partial charge on any atom is 0.344 e. The van der Waals surface area contributed by atoms with E-state index in [4.69, 9.17) is 4.74 Å². The van der Waals surface area contributed by atoms with Crippen molar-refractivity contribution < 1.29 is 9.53 Å². The largest absolute Gasteiger partial charge is 0.414 e. The molecule has 126 valence electrons. The molecule has 0 spiro atoms. The first-order chi connectivity index (χ1) is 12.0. The topological polar surface area (TPSA) is 26.3 Å². The minimum Gasteiger partial charge on any atom is -0.414 e. The number of rotatable bonds is 3. The fraction of sp³-hybridized carbons (Fsp3) is 0.261. The average molecular weight is 330 g/mol. The van der Waals surface area contributed by atoms with Crippen LogP contribution in [0.15, 0.2) is 65.9 Å². The van der Waals surface area contributed by atoms with Crippen molar-refractivity contribution in [3.8, 4) is 11.8 Å². The second kappa shape index (κ2) is 7.40. The lowest BCUT2D eigenvalue weighted by molar-refractivity contribution is 0.0637. The normalized spacial score (nSPS) is 17.9. The van der Waals surface area contributed by atoms with Crippen LogP contribution < -0.4 is 0 Å². The fourth-order valence-corrected chi connectivity index (χ4v) is 2.67. The van der Waals surface area contributed by atoms with Gasteiger partial charge in [-0.2, -0.15) is 0 Å². The molecule has 2 heteroatoms. The van der Waals surface area contributed by atoms with Gasteiger partial charge >= 0.3 is 5.97 Å². The molecule has 1 aliphatic rings. The van der Waals surface area contributed by atoms with Gasteiger partial charge in [0.05, 0.1) is 5.56 Å². The van der Waals surface area contributed by atoms with E-state index in [0.717, 1.165) is 12.0 Å². The predicted octanol–water partition coefficient (Wildman–Crippen LogP) is 5.25. The van der Waals surface area contributed by atoms with Crippen LogP contribution >= 0.6 is 0 Å². The minimum atomic E-state index is -0.364. The molecular weight excluding hydrogens is 308 g/mol. The van der Waals surface area contributed by atoms with Crippen molar-refractivity contribution in [2.75, 3.05) is 0 Å². The second-order valence-electron chi connectivity index (χ2n) is 6.71. The van der Waals surface area contributed by atoms with Gasteiger partial charge in [-0.3, -0.25) is 0 Å². The summed E-state index contributed by atoms with van der Waals surface area (Å²) in [5.41, 5.74) is 4.05. The summed E-state index contributed by atoms with van der Waals surface area (Å²) in [6.07, 6.45) is 1.07. The van der Waals surface area contributed by atoms with E-state index in [1.807, 2.05) is 32.0 Å². The Morgan fingerprint density at radius 2 is 1.72 bits per heavy atom. The molecule has 1 fully saturated rings. The number of benzene rings is 2. The van der Waals surface area contributed by atoms with E-state index < -0.39 is 0 Å². The Morgan fingerprint density at radius 3 is 2.36 bits per heavy atom. The highest BCUT2D eigenvalue weighted by molar-refractivity contribution is 5.90. The molecule has 0 aromatic heterocycles. The van der Waals surface area contributed by atoms with Gasteiger partial charge in [-0.1, -0.05) is 53.9 Å². The quantitative estimate of drug-likeness (QED) is 0.436. The maximum absolute atomic E-state index is 12.2. The van der Waals surface area contributed by atoms with Crippen molar-refractivity contribution in [2.24, 2.45) is 5.92 Å². The minimum absolute atomic E-state index is 0.340. The van der Waals surface area contributed by atoms with Gasteiger partial charge in [0.15, 0.2) is 5.76 Å². The zero-order valence-corrected chi connectivity index (χ0v) is 14.9. The van der Waals surface area contributed by atoms with Crippen molar-refractivity contribution in [2.45, 2.75) is 33.1 Å². The zero-order chi connectivity index (χ0) is 17.8. The number of carbonyl (C=O) groups excluding carboxylic acids is 1. The number of esters is 1. The van der Waals surface area contributed by atoms with E-state index in [9.17, 15) is 4.79 Å². The van der Waals surface area contributed by atoms with Crippen LogP contribution in [0.5, 0.6) is 0 Å². The van der Waals surface area contributed by atoms with Gasteiger partial charge in [-0.25, -0.2) is 4.79 Å². The predicted molar refractivity (Wildman–Crippen MR) is 100 cm³/mol. The lowest BCUT2D eigenvalue weighted by atomic mass is 10.1. The molecule has 2 atom stereocenters. The van der Waals surface area contributed by atoms with Crippen LogP contribution in [0.3, 0.4) is 0 Å². The third-order valence-electron chi connectivity index (χ3n) is 4.33. The van der Waals surface area contributed by atoms with Crippen LogP contribution in [-0.2, 0) is 4.74 Å². The van der Waals surface area contributed by atoms with Gasteiger partial charge in [0.1, 0.15) is 0 Å². The molecule has 1 saturated carbocycles. The molecule has 2 nitrogen and oxygen atoms in total. The summed E-state index contributed by atoms with van der Waals surface area (Å²) in [5, 5.41) is 0. The third-order valence-corrected chi connectivity index (χ3v) is 4.33. The Labute approximate surface area is 149 Å². The van der Waals surface area contributed by atoms with Crippen LogP contribution in [0, 0.1) is 24.7 Å². The van der Waals surface area contributed by atoms with Crippen LogP contribution in [-0.4, -0.2) is 5.97 Å². The summed E-state index contributed by atoms with van der Waals surface area (Å²) >= 11 is 0. The summed E-state index contributed by atoms with van der Waals surface area (Å²) in [6, 6.07) is 17.6. The van der Waals surface area contributed by atoms with E-state index in [0.29, 0.717) is 23.2 Å². The Bertz CT molecular complexity index is 844. The highest BCUT2D eigenvalue weighted by Gasteiger charge is 2.36. The van der Waals surface area contributed by atoms with Gasteiger partial charge in [0.2, 0.25) is 0 Å². The van der Waals surface area contributed by atoms with E-state index in [2.05, 4.69) is 43.0 Å². The lowest BCUT2D eigenvalue weighted by Gasteiger charge is -2.05. The number of carbonyl (C=O) groups is 1. The molecule has 2 aromatic rings. The van der Waals surface area contributed by atoms with Gasteiger partial charge in [0, 0.05) is 5.92 Å². The Kier molecular flexibility index (Phi) is 5.05. The van der Waals surface area contributed by atoms with Crippen molar-refractivity contribution >= 4 is 5.97 Å². The number of ether oxygens (including phenoxy) is 1. The zero-order valence-electron chi connectivity index (χ0n) is 14.9. The molecule has 25 heavy (non-hydrogen) atoms. The van der Waals surface area contributed by atoms with Gasteiger partial charge in [0.25, 0.3) is 0 Å². The van der Waals surface area contributed by atoms with Crippen LogP contribution in [0.2, 0.25) is 0 Å². The summed E-state index contributed by atoms with van der Waals surface area (Å²) < 4.78 is 5.50. The maximum atomic E-state index is 12.2. The molecule has 0 bridgehead atoms. The number of hydrogen-bond acceptors (Lipinski definition) is 2. The lowest BCUT2D eigenvalue weighted by Crippen LogP contribution is -2.05. The molecule has 0 heterocycles. The smallest absolute Gasteiger partial charge is 0.344 e. The van der Waals surface area contributed by atoms with Crippen LogP contribution in [0.25, 0.3) is 0 Å². The second-order valence-corrected chi connectivity index (χ2v) is 6.71. The Hall–Kier alpha value is -2.79. The molecule has 0 amide bonds.